The van der Waals surface area contributed by atoms with Crippen molar-refractivity contribution in [3.8, 4) is 6.07 Å². The fraction of sp³-hybridized carbons (Fsp3) is 0.625. The quantitative estimate of drug-likeness (QED) is 0.895. The molecule has 1 aromatic rings. The Morgan fingerprint density at radius 2 is 2.09 bits per heavy atom. The molecule has 1 N–H and O–H groups in total. The second-order valence-corrected chi connectivity index (χ2v) is 6.17. The van der Waals surface area contributed by atoms with E-state index >= 15 is 0 Å². The number of hydrogen-bond donors (Lipinski definition) is 1. The third kappa shape index (κ3) is 4.42. The standard InChI is InChI=1S/C16H23N5O/c1-12(2)9-15(22)20-11-13-3-7-21(8-4-13)16-14(10-17)18-5-6-19-16/h5-6,12-13H,3-4,7-9,11H2,1-2H3,(H,20,22). The van der Waals surface area contributed by atoms with E-state index in [-0.39, 0.29) is 5.91 Å². The molecule has 2 heterocycles. The Kier molecular flexibility index (Phi) is 5.70. The number of carbonyl (C=O) groups is 1. The fourth-order valence-corrected chi connectivity index (χ4v) is 2.69. The molecule has 6 heteroatoms. The Labute approximate surface area is 131 Å². The van der Waals surface area contributed by atoms with Crippen LogP contribution < -0.4 is 10.2 Å². The normalized spacial score (nSPS) is 15.6. The summed E-state index contributed by atoms with van der Waals surface area (Å²) in [6.07, 6.45) is 5.73. The van der Waals surface area contributed by atoms with Gasteiger partial charge in [0, 0.05) is 38.4 Å². The number of nitrogens with one attached hydrogen (secondary N) is 1. The zero-order valence-electron chi connectivity index (χ0n) is 13.2. The predicted molar refractivity (Wildman–Crippen MR) is 84.1 cm³/mol. The van der Waals surface area contributed by atoms with Crippen LogP contribution in [0.15, 0.2) is 12.4 Å². The molecule has 1 amide bonds. The van der Waals surface area contributed by atoms with Crippen molar-refractivity contribution in [1.29, 1.82) is 5.26 Å². The number of aromatic nitrogens is 2. The van der Waals surface area contributed by atoms with Gasteiger partial charge in [-0.15, -0.1) is 0 Å². The third-order valence-corrected chi connectivity index (χ3v) is 3.88. The number of rotatable bonds is 5. The molecule has 1 fully saturated rings. The average molecular weight is 301 g/mol. The molecule has 0 radical (unpaired) electrons. The van der Waals surface area contributed by atoms with Gasteiger partial charge >= 0.3 is 0 Å². The lowest BCUT2D eigenvalue weighted by Gasteiger charge is -2.32. The van der Waals surface area contributed by atoms with Crippen molar-refractivity contribution < 1.29 is 4.79 Å². The van der Waals surface area contributed by atoms with Crippen LogP contribution in [0.5, 0.6) is 0 Å². The summed E-state index contributed by atoms with van der Waals surface area (Å²) in [7, 11) is 0. The van der Waals surface area contributed by atoms with Gasteiger partial charge in [0.2, 0.25) is 5.91 Å². The maximum Gasteiger partial charge on any atom is 0.220 e. The van der Waals surface area contributed by atoms with E-state index in [1.165, 1.54) is 0 Å². The third-order valence-electron chi connectivity index (χ3n) is 3.88. The summed E-state index contributed by atoms with van der Waals surface area (Å²) >= 11 is 0. The van der Waals surface area contributed by atoms with Crippen molar-refractivity contribution in [3.05, 3.63) is 18.1 Å². The van der Waals surface area contributed by atoms with Crippen LogP contribution in [0.2, 0.25) is 0 Å². The van der Waals surface area contributed by atoms with Gasteiger partial charge in [-0.05, 0) is 24.7 Å². The summed E-state index contributed by atoms with van der Waals surface area (Å²) in [5, 5.41) is 12.1. The van der Waals surface area contributed by atoms with E-state index in [4.69, 9.17) is 5.26 Å². The molecule has 0 bridgehead atoms. The Balaban J connectivity index is 1.81. The molecular formula is C16H23N5O. The van der Waals surface area contributed by atoms with Crippen molar-refractivity contribution in [2.45, 2.75) is 33.1 Å². The highest BCUT2D eigenvalue weighted by Crippen LogP contribution is 2.22. The van der Waals surface area contributed by atoms with Gasteiger partial charge in [-0.1, -0.05) is 13.8 Å². The van der Waals surface area contributed by atoms with Gasteiger partial charge in [-0.25, -0.2) is 9.97 Å². The van der Waals surface area contributed by atoms with Crippen molar-refractivity contribution in [1.82, 2.24) is 15.3 Å². The lowest BCUT2D eigenvalue weighted by Crippen LogP contribution is -2.39. The molecule has 118 valence electrons. The smallest absolute Gasteiger partial charge is 0.220 e. The maximum absolute atomic E-state index is 11.7. The zero-order valence-corrected chi connectivity index (χ0v) is 13.2. The first-order chi connectivity index (χ1) is 10.6. The molecule has 2 rings (SSSR count). The van der Waals surface area contributed by atoms with E-state index in [9.17, 15) is 4.79 Å². The summed E-state index contributed by atoms with van der Waals surface area (Å²) in [6, 6.07) is 2.09. The van der Waals surface area contributed by atoms with Crippen LogP contribution in [-0.4, -0.2) is 35.5 Å². The Morgan fingerprint density at radius 1 is 1.41 bits per heavy atom. The predicted octanol–water partition coefficient (Wildman–Crippen LogP) is 1.73. The number of nitriles is 1. The summed E-state index contributed by atoms with van der Waals surface area (Å²) in [5.74, 6) is 1.70. The van der Waals surface area contributed by atoms with E-state index in [0.717, 1.165) is 32.5 Å². The summed E-state index contributed by atoms with van der Waals surface area (Å²) in [4.78, 5) is 22.1. The van der Waals surface area contributed by atoms with Gasteiger partial charge in [0.15, 0.2) is 11.5 Å². The molecule has 0 aromatic carbocycles. The van der Waals surface area contributed by atoms with Crippen LogP contribution in [0.4, 0.5) is 5.82 Å². The number of nitrogens with zero attached hydrogens (tertiary/aromatic N) is 4. The van der Waals surface area contributed by atoms with Gasteiger partial charge < -0.3 is 10.2 Å². The van der Waals surface area contributed by atoms with Crippen LogP contribution in [-0.2, 0) is 4.79 Å². The van der Waals surface area contributed by atoms with E-state index in [0.29, 0.717) is 29.8 Å². The van der Waals surface area contributed by atoms with Crippen LogP contribution >= 0.6 is 0 Å². The monoisotopic (exact) mass is 301 g/mol. The fourth-order valence-electron chi connectivity index (χ4n) is 2.69. The van der Waals surface area contributed by atoms with Gasteiger partial charge in [0.25, 0.3) is 0 Å². The molecule has 0 saturated carbocycles. The summed E-state index contributed by atoms with van der Waals surface area (Å²) < 4.78 is 0. The van der Waals surface area contributed by atoms with Crippen molar-refractivity contribution in [2.75, 3.05) is 24.5 Å². The van der Waals surface area contributed by atoms with Crippen LogP contribution in [0.3, 0.4) is 0 Å². The van der Waals surface area contributed by atoms with E-state index in [1.807, 2.05) is 13.8 Å². The lowest BCUT2D eigenvalue weighted by molar-refractivity contribution is -0.122. The highest BCUT2D eigenvalue weighted by Gasteiger charge is 2.22. The molecule has 0 aliphatic carbocycles. The van der Waals surface area contributed by atoms with Gasteiger partial charge in [0.05, 0.1) is 0 Å². The van der Waals surface area contributed by atoms with Crippen molar-refractivity contribution >= 4 is 11.7 Å². The topological polar surface area (TPSA) is 81.9 Å². The van der Waals surface area contributed by atoms with E-state index in [1.54, 1.807) is 12.4 Å². The minimum Gasteiger partial charge on any atom is -0.356 e. The summed E-state index contributed by atoms with van der Waals surface area (Å²) in [6.45, 7) is 6.53. The molecule has 1 saturated heterocycles. The molecule has 1 aliphatic heterocycles. The molecule has 0 atom stereocenters. The van der Waals surface area contributed by atoms with Crippen LogP contribution in [0.1, 0.15) is 38.8 Å². The summed E-state index contributed by atoms with van der Waals surface area (Å²) in [5.41, 5.74) is 0.381. The number of hydrogen-bond acceptors (Lipinski definition) is 5. The maximum atomic E-state index is 11.7. The minimum absolute atomic E-state index is 0.137. The first kappa shape index (κ1) is 16.2. The zero-order chi connectivity index (χ0) is 15.9. The van der Waals surface area contributed by atoms with Crippen LogP contribution in [0, 0.1) is 23.2 Å². The number of piperidine rings is 1. The average Bonchev–Trinajstić information content (AvgIpc) is 2.53. The van der Waals surface area contributed by atoms with Gasteiger partial charge in [-0.2, -0.15) is 5.26 Å². The Hall–Kier alpha value is -2.16. The molecule has 0 spiro atoms. The SMILES string of the molecule is CC(C)CC(=O)NCC1CCN(c2nccnc2C#N)CC1. The molecule has 0 unspecified atom stereocenters. The lowest BCUT2D eigenvalue weighted by atomic mass is 9.96. The largest absolute Gasteiger partial charge is 0.356 e. The van der Waals surface area contributed by atoms with Crippen LogP contribution in [0.25, 0.3) is 0 Å². The van der Waals surface area contributed by atoms with Crippen molar-refractivity contribution in [3.63, 3.8) is 0 Å². The Morgan fingerprint density at radius 3 is 2.73 bits per heavy atom. The molecule has 1 aromatic heterocycles. The van der Waals surface area contributed by atoms with Gasteiger partial charge in [-0.3, -0.25) is 4.79 Å². The van der Waals surface area contributed by atoms with E-state index in [2.05, 4.69) is 26.3 Å². The number of amides is 1. The highest BCUT2D eigenvalue weighted by atomic mass is 16.1. The molecular weight excluding hydrogens is 278 g/mol. The molecule has 1 aliphatic rings. The second kappa shape index (κ2) is 7.74. The van der Waals surface area contributed by atoms with E-state index < -0.39 is 0 Å². The minimum atomic E-state index is 0.137. The first-order valence-corrected chi connectivity index (χ1v) is 7.83. The molecule has 22 heavy (non-hydrogen) atoms. The Bertz CT molecular complexity index is 544. The highest BCUT2D eigenvalue weighted by molar-refractivity contribution is 5.76. The van der Waals surface area contributed by atoms with Gasteiger partial charge in [0.1, 0.15) is 6.07 Å². The first-order valence-electron chi connectivity index (χ1n) is 7.83. The second-order valence-electron chi connectivity index (χ2n) is 6.17. The number of anilines is 1. The molecule has 6 nitrogen and oxygen atoms in total. The number of carbonyl (C=O) groups excluding carboxylic acids is 1. The van der Waals surface area contributed by atoms with Crippen molar-refractivity contribution in [2.24, 2.45) is 11.8 Å².